The molecule has 2 rings (SSSR count). The van der Waals surface area contributed by atoms with Gasteiger partial charge in [-0.2, -0.15) is 0 Å². The minimum Gasteiger partial charge on any atom is -0.497 e. The second-order valence-corrected chi connectivity index (χ2v) is 4.28. The van der Waals surface area contributed by atoms with Gasteiger partial charge in [-0.15, -0.1) is 0 Å². The molecule has 2 heteroatoms. The highest BCUT2D eigenvalue weighted by atomic mass is 16.5. The number of rotatable bonds is 4. The van der Waals surface area contributed by atoms with Crippen LogP contribution in [0.5, 0.6) is 5.75 Å². The lowest BCUT2D eigenvalue weighted by Crippen LogP contribution is -1.99. The standard InChI is InChI=1S/C16H19NO/c1-3-12-5-4-6-13(9-12)16-10-15(18-2)8-7-14(16)11-17/h4-10H,3,11,17H2,1-2H3. The van der Waals surface area contributed by atoms with Crippen LogP contribution in [-0.4, -0.2) is 7.11 Å². The summed E-state index contributed by atoms with van der Waals surface area (Å²) in [7, 11) is 1.68. The summed E-state index contributed by atoms with van der Waals surface area (Å²) in [6.07, 6.45) is 1.04. The van der Waals surface area contributed by atoms with Gasteiger partial charge in [-0.1, -0.05) is 37.3 Å². The number of hydrogen-bond acceptors (Lipinski definition) is 2. The Labute approximate surface area is 108 Å². The molecule has 18 heavy (non-hydrogen) atoms. The molecule has 0 saturated carbocycles. The first-order valence-corrected chi connectivity index (χ1v) is 6.24. The van der Waals surface area contributed by atoms with Crippen molar-refractivity contribution in [1.29, 1.82) is 0 Å². The zero-order chi connectivity index (χ0) is 13.0. The normalized spacial score (nSPS) is 10.4. The van der Waals surface area contributed by atoms with Crippen LogP contribution in [0.3, 0.4) is 0 Å². The molecule has 2 aromatic rings. The van der Waals surface area contributed by atoms with Crippen molar-refractivity contribution in [1.82, 2.24) is 0 Å². The molecule has 0 amide bonds. The average molecular weight is 241 g/mol. The summed E-state index contributed by atoms with van der Waals surface area (Å²) in [6, 6.07) is 14.6. The average Bonchev–Trinajstić information content (AvgIpc) is 2.46. The highest BCUT2D eigenvalue weighted by molar-refractivity contribution is 5.69. The summed E-state index contributed by atoms with van der Waals surface area (Å²) in [6.45, 7) is 2.70. The fourth-order valence-electron chi connectivity index (χ4n) is 2.09. The van der Waals surface area contributed by atoms with Crippen LogP contribution in [0.1, 0.15) is 18.1 Å². The molecular weight excluding hydrogens is 222 g/mol. The monoisotopic (exact) mass is 241 g/mol. The van der Waals surface area contributed by atoms with Crippen LogP contribution < -0.4 is 10.5 Å². The first kappa shape index (κ1) is 12.7. The SMILES string of the molecule is CCc1cccc(-c2cc(OC)ccc2CN)c1. The van der Waals surface area contributed by atoms with Crippen molar-refractivity contribution < 1.29 is 4.74 Å². The summed E-state index contributed by atoms with van der Waals surface area (Å²) < 4.78 is 5.29. The second kappa shape index (κ2) is 5.69. The molecule has 0 bridgehead atoms. The van der Waals surface area contributed by atoms with E-state index in [1.807, 2.05) is 12.1 Å². The summed E-state index contributed by atoms with van der Waals surface area (Å²) >= 11 is 0. The molecule has 0 atom stereocenters. The lowest BCUT2D eigenvalue weighted by atomic mass is 9.97. The summed E-state index contributed by atoms with van der Waals surface area (Å²) in [4.78, 5) is 0. The van der Waals surface area contributed by atoms with Crippen LogP contribution in [0, 0.1) is 0 Å². The summed E-state index contributed by atoms with van der Waals surface area (Å²) in [5.74, 6) is 0.865. The smallest absolute Gasteiger partial charge is 0.119 e. The molecule has 2 aromatic carbocycles. The van der Waals surface area contributed by atoms with Gasteiger partial charge in [0.15, 0.2) is 0 Å². The second-order valence-electron chi connectivity index (χ2n) is 4.28. The summed E-state index contributed by atoms with van der Waals surface area (Å²) in [5.41, 5.74) is 10.6. The minimum absolute atomic E-state index is 0.537. The summed E-state index contributed by atoms with van der Waals surface area (Å²) in [5, 5.41) is 0. The van der Waals surface area contributed by atoms with Crippen molar-refractivity contribution in [2.45, 2.75) is 19.9 Å². The van der Waals surface area contributed by atoms with Crippen molar-refractivity contribution in [3.8, 4) is 16.9 Å². The molecule has 2 nitrogen and oxygen atoms in total. The van der Waals surface area contributed by atoms with Gasteiger partial charge in [0.25, 0.3) is 0 Å². The zero-order valence-electron chi connectivity index (χ0n) is 10.9. The van der Waals surface area contributed by atoms with Crippen molar-refractivity contribution in [2.24, 2.45) is 5.73 Å². The molecule has 0 aliphatic heterocycles. The number of hydrogen-bond donors (Lipinski definition) is 1. The first-order valence-electron chi connectivity index (χ1n) is 6.24. The van der Waals surface area contributed by atoms with Crippen LogP contribution in [0.4, 0.5) is 0 Å². The van der Waals surface area contributed by atoms with Gasteiger partial charge in [-0.05, 0) is 40.8 Å². The maximum absolute atomic E-state index is 5.81. The fourth-order valence-corrected chi connectivity index (χ4v) is 2.09. The van der Waals surface area contributed by atoms with Crippen LogP contribution in [-0.2, 0) is 13.0 Å². The largest absolute Gasteiger partial charge is 0.497 e. The third-order valence-electron chi connectivity index (χ3n) is 3.18. The Bertz CT molecular complexity index is 534. The number of nitrogens with two attached hydrogens (primary N) is 1. The molecule has 0 aliphatic carbocycles. The molecule has 0 aliphatic rings. The van der Waals surface area contributed by atoms with Crippen molar-refractivity contribution in [3.05, 3.63) is 53.6 Å². The van der Waals surface area contributed by atoms with Gasteiger partial charge in [-0.25, -0.2) is 0 Å². The highest BCUT2D eigenvalue weighted by Gasteiger charge is 2.06. The first-order chi connectivity index (χ1) is 8.78. The van der Waals surface area contributed by atoms with Crippen LogP contribution in [0.15, 0.2) is 42.5 Å². The molecule has 0 heterocycles. The molecule has 0 radical (unpaired) electrons. The molecule has 0 saturated heterocycles. The van der Waals surface area contributed by atoms with E-state index < -0.39 is 0 Å². The van der Waals surface area contributed by atoms with E-state index in [1.54, 1.807) is 7.11 Å². The van der Waals surface area contributed by atoms with Gasteiger partial charge in [0, 0.05) is 6.54 Å². The Kier molecular flexibility index (Phi) is 4.00. The molecule has 0 unspecified atom stereocenters. The van der Waals surface area contributed by atoms with Crippen molar-refractivity contribution in [2.75, 3.05) is 7.11 Å². The third kappa shape index (κ3) is 2.54. The van der Waals surface area contributed by atoms with E-state index in [0.717, 1.165) is 23.3 Å². The van der Waals surface area contributed by atoms with Gasteiger partial charge in [0.05, 0.1) is 7.11 Å². The highest BCUT2D eigenvalue weighted by Crippen LogP contribution is 2.28. The van der Waals surface area contributed by atoms with E-state index in [9.17, 15) is 0 Å². The zero-order valence-corrected chi connectivity index (χ0v) is 10.9. The Morgan fingerprint density at radius 3 is 2.61 bits per heavy atom. The number of benzene rings is 2. The topological polar surface area (TPSA) is 35.2 Å². The third-order valence-corrected chi connectivity index (χ3v) is 3.18. The Balaban J connectivity index is 2.53. The van der Waals surface area contributed by atoms with Crippen LogP contribution >= 0.6 is 0 Å². The van der Waals surface area contributed by atoms with Gasteiger partial charge in [0.2, 0.25) is 0 Å². The molecular formula is C16H19NO. The number of ether oxygens (including phenoxy) is 1. The van der Waals surface area contributed by atoms with Gasteiger partial charge >= 0.3 is 0 Å². The van der Waals surface area contributed by atoms with E-state index in [2.05, 4.69) is 37.3 Å². The Morgan fingerprint density at radius 1 is 1.11 bits per heavy atom. The predicted octanol–water partition coefficient (Wildman–Crippen LogP) is 3.38. The Hall–Kier alpha value is -1.80. The molecule has 0 spiro atoms. The molecule has 94 valence electrons. The Morgan fingerprint density at radius 2 is 1.94 bits per heavy atom. The van der Waals surface area contributed by atoms with Gasteiger partial charge < -0.3 is 10.5 Å². The van der Waals surface area contributed by atoms with E-state index >= 15 is 0 Å². The van der Waals surface area contributed by atoms with Crippen LogP contribution in [0.25, 0.3) is 11.1 Å². The van der Waals surface area contributed by atoms with E-state index in [-0.39, 0.29) is 0 Å². The minimum atomic E-state index is 0.537. The van der Waals surface area contributed by atoms with E-state index in [0.29, 0.717) is 6.54 Å². The van der Waals surface area contributed by atoms with Gasteiger partial charge in [0.1, 0.15) is 5.75 Å². The van der Waals surface area contributed by atoms with Gasteiger partial charge in [-0.3, -0.25) is 0 Å². The van der Waals surface area contributed by atoms with Crippen molar-refractivity contribution in [3.63, 3.8) is 0 Å². The molecule has 0 fully saturated rings. The number of aryl methyl sites for hydroxylation is 1. The lowest BCUT2D eigenvalue weighted by Gasteiger charge is -2.11. The molecule has 2 N–H and O–H groups in total. The van der Waals surface area contributed by atoms with E-state index in [4.69, 9.17) is 10.5 Å². The lowest BCUT2D eigenvalue weighted by molar-refractivity contribution is 0.415. The molecule has 0 aromatic heterocycles. The predicted molar refractivity (Wildman–Crippen MR) is 75.7 cm³/mol. The maximum Gasteiger partial charge on any atom is 0.119 e. The number of methoxy groups -OCH3 is 1. The van der Waals surface area contributed by atoms with Crippen molar-refractivity contribution >= 4 is 0 Å². The maximum atomic E-state index is 5.81. The quantitative estimate of drug-likeness (QED) is 0.890. The fraction of sp³-hybridized carbons (Fsp3) is 0.250. The van der Waals surface area contributed by atoms with E-state index in [1.165, 1.54) is 11.1 Å². The van der Waals surface area contributed by atoms with Crippen LogP contribution in [0.2, 0.25) is 0 Å².